The van der Waals surface area contributed by atoms with Gasteiger partial charge in [-0.05, 0) is 32.4 Å². The van der Waals surface area contributed by atoms with Gasteiger partial charge in [0.25, 0.3) is 0 Å². The summed E-state index contributed by atoms with van der Waals surface area (Å²) in [4.78, 5) is 12.0. The molecule has 0 atom stereocenters. The monoisotopic (exact) mass is 319 g/mol. The molecule has 1 aromatic heterocycles. The molecule has 0 unspecified atom stereocenters. The Balaban J connectivity index is 2.01. The lowest BCUT2D eigenvalue weighted by molar-refractivity contribution is 0.172. The topological polar surface area (TPSA) is 95.2 Å². The first-order valence-electron chi connectivity index (χ1n) is 7.22. The van der Waals surface area contributed by atoms with Crippen LogP contribution >= 0.6 is 0 Å². The molecular formula is C15H18FN5O2. The van der Waals surface area contributed by atoms with E-state index >= 15 is 0 Å². The molecular weight excluding hydrogens is 301 g/mol. The minimum atomic E-state index is -1.72. The Morgan fingerprint density at radius 1 is 1.17 bits per heavy atom. The van der Waals surface area contributed by atoms with Crippen molar-refractivity contribution in [2.75, 3.05) is 24.3 Å². The maximum atomic E-state index is 14.1. The zero-order chi connectivity index (χ0) is 16.6. The molecule has 1 aliphatic heterocycles. The number of nitrogens with one attached hydrogen (secondary N) is 1. The zero-order valence-corrected chi connectivity index (χ0v) is 13.2. The number of nitrogens with two attached hydrogens (primary N) is 1. The lowest BCUT2D eigenvalue weighted by atomic mass is 10.1. The summed E-state index contributed by atoms with van der Waals surface area (Å²) in [5.74, 6) is 1.28. The number of anilines is 3. The van der Waals surface area contributed by atoms with Gasteiger partial charge in [-0.15, -0.1) is 0 Å². The van der Waals surface area contributed by atoms with E-state index in [-0.39, 0.29) is 17.7 Å². The quantitative estimate of drug-likeness (QED) is 0.897. The second-order valence-corrected chi connectivity index (χ2v) is 5.72. The maximum absolute atomic E-state index is 14.1. The highest BCUT2D eigenvalue weighted by molar-refractivity contribution is 5.71. The lowest BCUT2D eigenvalue weighted by Crippen LogP contribution is -2.19. The van der Waals surface area contributed by atoms with E-state index in [1.807, 2.05) is 19.1 Å². The maximum Gasteiger partial charge on any atom is 0.232 e. The second kappa shape index (κ2) is 5.53. The van der Waals surface area contributed by atoms with Crippen LogP contribution in [0.15, 0.2) is 12.1 Å². The van der Waals surface area contributed by atoms with Crippen molar-refractivity contribution in [1.82, 2.24) is 15.0 Å². The van der Waals surface area contributed by atoms with Crippen LogP contribution in [-0.2, 0) is 5.67 Å². The van der Waals surface area contributed by atoms with Crippen LogP contribution in [0.2, 0.25) is 0 Å². The van der Waals surface area contributed by atoms with Crippen LogP contribution in [0.4, 0.5) is 22.0 Å². The molecule has 7 nitrogen and oxygen atoms in total. The predicted molar refractivity (Wildman–Crippen MR) is 83.8 cm³/mol. The fraction of sp³-hybridized carbons (Fsp3) is 0.400. The minimum absolute atomic E-state index is 0.0351. The molecule has 0 aliphatic carbocycles. The summed E-state index contributed by atoms with van der Waals surface area (Å²) in [6.45, 7) is 5.57. The number of rotatable bonds is 3. The standard InChI is InChI=1S/C15H18FN5O2/c1-8-4-5-9-11(23-7-6-22-9)10(8)18-14-20-12(15(2,3)16)19-13(17)21-14/h4-5H,6-7H2,1-3H3,(H3,17,18,19,20,21). The molecule has 23 heavy (non-hydrogen) atoms. The van der Waals surface area contributed by atoms with Crippen LogP contribution in [0.5, 0.6) is 11.5 Å². The van der Waals surface area contributed by atoms with Crippen molar-refractivity contribution < 1.29 is 13.9 Å². The van der Waals surface area contributed by atoms with Crippen molar-refractivity contribution in [2.45, 2.75) is 26.4 Å². The first-order valence-corrected chi connectivity index (χ1v) is 7.22. The smallest absolute Gasteiger partial charge is 0.232 e. The number of hydrogen-bond acceptors (Lipinski definition) is 7. The van der Waals surface area contributed by atoms with E-state index in [0.29, 0.717) is 30.4 Å². The minimum Gasteiger partial charge on any atom is -0.486 e. The molecule has 0 saturated carbocycles. The Morgan fingerprint density at radius 3 is 2.65 bits per heavy atom. The van der Waals surface area contributed by atoms with Crippen molar-refractivity contribution >= 4 is 17.6 Å². The molecule has 0 bridgehead atoms. The fourth-order valence-corrected chi connectivity index (χ4v) is 2.20. The highest BCUT2D eigenvalue weighted by Crippen LogP contribution is 2.40. The third-order valence-corrected chi connectivity index (χ3v) is 3.34. The zero-order valence-electron chi connectivity index (χ0n) is 13.2. The molecule has 3 N–H and O–H groups in total. The number of alkyl halides is 1. The number of aromatic nitrogens is 3. The lowest BCUT2D eigenvalue weighted by Gasteiger charge is -2.22. The van der Waals surface area contributed by atoms with Gasteiger partial charge in [-0.1, -0.05) is 6.07 Å². The Labute approximate surface area is 133 Å². The molecule has 0 amide bonds. The SMILES string of the molecule is Cc1ccc2c(c1Nc1nc(N)nc(C(C)(C)F)n1)OCCO2. The Morgan fingerprint density at radius 2 is 1.91 bits per heavy atom. The van der Waals surface area contributed by atoms with E-state index in [4.69, 9.17) is 15.2 Å². The summed E-state index contributed by atoms with van der Waals surface area (Å²) in [6.07, 6.45) is 0. The number of ether oxygens (including phenoxy) is 2. The predicted octanol–water partition coefficient (Wildman–Crippen LogP) is 2.48. The van der Waals surface area contributed by atoms with Crippen LogP contribution in [0, 0.1) is 6.92 Å². The number of fused-ring (bicyclic) bond motifs is 1. The average Bonchev–Trinajstić information content (AvgIpc) is 2.49. The highest BCUT2D eigenvalue weighted by Gasteiger charge is 2.25. The van der Waals surface area contributed by atoms with Gasteiger partial charge in [0.1, 0.15) is 13.2 Å². The van der Waals surface area contributed by atoms with Gasteiger partial charge in [0.15, 0.2) is 23.0 Å². The van der Waals surface area contributed by atoms with Gasteiger partial charge in [0.05, 0.1) is 5.69 Å². The molecule has 2 heterocycles. The van der Waals surface area contributed by atoms with Gasteiger partial charge < -0.3 is 20.5 Å². The van der Waals surface area contributed by atoms with E-state index in [0.717, 1.165) is 5.56 Å². The van der Waals surface area contributed by atoms with Crippen molar-refractivity contribution in [3.63, 3.8) is 0 Å². The van der Waals surface area contributed by atoms with E-state index in [1.165, 1.54) is 13.8 Å². The largest absolute Gasteiger partial charge is 0.486 e. The molecule has 0 spiro atoms. The number of halogens is 1. The molecule has 0 saturated heterocycles. The van der Waals surface area contributed by atoms with E-state index in [9.17, 15) is 4.39 Å². The molecule has 0 radical (unpaired) electrons. The van der Waals surface area contributed by atoms with E-state index in [2.05, 4.69) is 20.3 Å². The number of benzene rings is 1. The van der Waals surface area contributed by atoms with Crippen LogP contribution in [0.1, 0.15) is 25.2 Å². The van der Waals surface area contributed by atoms with Crippen LogP contribution in [0.25, 0.3) is 0 Å². The van der Waals surface area contributed by atoms with Crippen molar-refractivity contribution in [2.24, 2.45) is 0 Å². The number of aryl methyl sites for hydroxylation is 1. The third-order valence-electron chi connectivity index (χ3n) is 3.34. The number of nitrogen functional groups attached to an aromatic ring is 1. The highest BCUT2D eigenvalue weighted by atomic mass is 19.1. The summed E-state index contributed by atoms with van der Waals surface area (Å²) >= 11 is 0. The molecule has 122 valence electrons. The first kappa shape index (κ1) is 15.3. The normalized spacial score (nSPS) is 13.7. The van der Waals surface area contributed by atoms with Crippen molar-refractivity contribution in [3.8, 4) is 11.5 Å². The van der Waals surface area contributed by atoms with E-state index in [1.54, 1.807) is 0 Å². The van der Waals surface area contributed by atoms with Crippen molar-refractivity contribution in [1.29, 1.82) is 0 Å². The molecule has 3 rings (SSSR count). The average molecular weight is 319 g/mol. The van der Waals surface area contributed by atoms with Crippen LogP contribution in [0.3, 0.4) is 0 Å². The van der Waals surface area contributed by atoms with Gasteiger partial charge in [-0.3, -0.25) is 0 Å². The van der Waals surface area contributed by atoms with Crippen LogP contribution in [-0.4, -0.2) is 28.2 Å². The Hall–Kier alpha value is -2.64. The van der Waals surface area contributed by atoms with Crippen LogP contribution < -0.4 is 20.5 Å². The van der Waals surface area contributed by atoms with Gasteiger partial charge in [0, 0.05) is 0 Å². The molecule has 1 aromatic carbocycles. The Bertz CT molecular complexity index is 745. The van der Waals surface area contributed by atoms with Gasteiger partial charge in [-0.25, -0.2) is 4.39 Å². The summed E-state index contributed by atoms with van der Waals surface area (Å²) in [5, 5.41) is 3.04. The molecule has 1 aliphatic rings. The number of hydrogen-bond donors (Lipinski definition) is 2. The molecule has 2 aromatic rings. The van der Waals surface area contributed by atoms with Crippen molar-refractivity contribution in [3.05, 3.63) is 23.5 Å². The summed E-state index contributed by atoms with van der Waals surface area (Å²) < 4.78 is 25.3. The Kier molecular flexibility index (Phi) is 3.67. The van der Waals surface area contributed by atoms with E-state index < -0.39 is 5.67 Å². The molecule has 8 heteroatoms. The summed E-state index contributed by atoms with van der Waals surface area (Å²) in [6, 6.07) is 3.73. The number of nitrogens with zero attached hydrogens (tertiary/aromatic N) is 3. The first-order chi connectivity index (χ1) is 10.8. The van der Waals surface area contributed by atoms with Gasteiger partial charge in [0.2, 0.25) is 11.9 Å². The summed E-state index contributed by atoms with van der Waals surface area (Å²) in [7, 11) is 0. The summed E-state index contributed by atoms with van der Waals surface area (Å²) in [5.41, 5.74) is 5.51. The van der Waals surface area contributed by atoms with Gasteiger partial charge >= 0.3 is 0 Å². The third kappa shape index (κ3) is 3.10. The van der Waals surface area contributed by atoms with Gasteiger partial charge in [-0.2, -0.15) is 15.0 Å². The fourth-order valence-electron chi connectivity index (χ4n) is 2.20. The second-order valence-electron chi connectivity index (χ2n) is 5.72. The molecule has 0 fully saturated rings.